The molecule has 0 atom stereocenters. The molecule has 0 bridgehead atoms. The van der Waals surface area contributed by atoms with E-state index in [1.807, 2.05) is 0 Å². The summed E-state index contributed by atoms with van der Waals surface area (Å²) in [6, 6.07) is 11.1. The zero-order valence-electron chi connectivity index (χ0n) is 13.0. The number of furan rings is 1. The molecule has 3 heterocycles. The van der Waals surface area contributed by atoms with Crippen LogP contribution in [-0.4, -0.2) is 33.0 Å². The Balaban J connectivity index is 1.55. The monoisotopic (exact) mass is 337 g/mol. The van der Waals surface area contributed by atoms with Gasteiger partial charge in [-0.1, -0.05) is 17.2 Å². The number of hydroxylamine groups is 2. The Morgan fingerprint density at radius 3 is 2.40 bits per heavy atom. The molecule has 124 valence electrons. The summed E-state index contributed by atoms with van der Waals surface area (Å²) < 4.78 is 5.42. The molecule has 1 aromatic carbocycles. The lowest BCUT2D eigenvalue weighted by atomic mass is 10.1. The molecule has 2 amide bonds. The third-order valence-electron chi connectivity index (χ3n) is 3.72. The SMILES string of the molecule is Cc1ccc(-c2cc(C(=O)ON3C(=O)c4ccccc4C3=O)[nH]n2)o1. The highest BCUT2D eigenvalue weighted by Gasteiger charge is 2.39. The molecule has 8 nitrogen and oxygen atoms in total. The van der Waals surface area contributed by atoms with Gasteiger partial charge in [0.25, 0.3) is 11.8 Å². The van der Waals surface area contributed by atoms with Crippen LogP contribution in [-0.2, 0) is 4.84 Å². The fourth-order valence-corrected chi connectivity index (χ4v) is 2.51. The number of nitrogens with one attached hydrogen (secondary N) is 1. The molecule has 0 aliphatic carbocycles. The maximum absolute atomic E-state index is 12.2. The van der Waals surface area contributed by atoms with Crippen LogP contribution in [0.1, 0.15) is 37.0 Å². The Kier molecular flexibility index (Phi) is 3.24. The highest BCUT2D eigenvalue weighted by molar-refractivity contribution is 6.21. The number of aromatic amines is 1. The number of H-pyrrole nitrogens is 1. The minimum absolute atomic E-state index is 0.0133. The van der Waals surface area contributed by atoms with Crippen LogP contribution in [0.4, 0.5) is 0 Å². The van der Waals surface area contributed by atoms with Gasteiger partial charge in [0, 0.05) is 6.07 Å². The number of aryl methyl sites for hydroxylation is 1. The second kappa shape index (κ2) is 5.45. The predicted molar refractivity (Wildman–Crippen MR) is 83.4 cm³/mol. The second-order valence-corrected chi connectivity index (χ2v) is 5.41. The van der Waals surface area contributed by atoms with Crippen LogP contribution in [0.3, 0.4) is 0 Å². The molecular weight excluding hydrogens is 326 g/mol. The fraction of sp³-hybridized carbons (Fsp3) is 0.0588. The van der Waals surface area contributed by atoms with Crippen LogP contribution in [0.5, 0.6) is 0 Å². The summed E-state index contributed by atoms with van der Waals surface area (Å²) in [4.78, 5) is 41.6. The maximum Gasteiger partial charge on any atom is 0.381 e. The van der Waals surface area contributed by atoms with E-state index in [1.54, 1.807) is 31.2 Å². The van der Waals surface area contributed by atoms with E-state index >= 15 is 0 Å². The van der Waals surface area contributed by atoms with E-state index in [0.717, 1.165) is 0 Å². The third kappa shape index (κ3) is 2.40. The predicted octanol–water partition coefficient (Wildman–Crippen LogP) is 2.35. The summed E-state index contributed by atoms with van der Waals surface area (Å²) in [5.74, 6) is -1.09. The molecule has 1 N–H and O–H groups in total. The first-order chi connectivity index (χ1) is 12.0. The summed E-state index contributed by atoms with van der Waals surface area (Å²) >= 11 is 0. The van der Waals surface area contributed by atoms with Crippen molar-refractivity contribution in [2.75, 3.05) is 0 Å². The Morgan fingerprint density at radius 2 is 1.80 bits per heavy atom. The Labute approximate surface area is 141 Å². The normalized spacial score (nSPS) is 13.2. The van der Waals surface area contributed by atoms with E-state index in [4.69, 9.17) is 9.25 Å². The van der Waals surface area contributed by atoms with E-state index in [1.165, 1.54) is 18.2 Å². The van der Waals surface area contributed by atoms with Gasteiger partial charge in [-0.05, 0) is 31.2 Å². The molecule has 0 fully saturated rings. The molecule has 0 saturated carbocycles. The first-order valence-corrected chi connectivity index (χ1v) is 7.37. The number of hydrogen-bond acceptors (Lipinski definition) is 6. The van der Waals surface area contributed by atoms with Gasteiger partial charge < -0.3 is 9.25 Å². The molecule has 0 unspecified atom stereocenters. The van der Waals surface area contributed by atoms with Crippen molar-refractivity contribution < 1.29 is 23.6 Å². The van der Waals surface area contributed by atoms with Gasteiger partial charge in [0.2, 0.25) is 0 Å². The molecule has 0 spiro atoms. The standard InChI is InChI=1S/C17H11N3O5/c1-9-6-7-14(24-9)12-8-13(19-18-12)17(23)25-20-15(21)10-4-2-3-5-11(10)16(20)22/h2-8H,1H3,(H,18,19). The van der Waals surface area contributed by atoms with Crippen molar-refractivity contribution in [2.45, 2.75) is 6.92 Å². The van der Waals surface area contributed by atoms with Crippen LogP contribution in [0.15, 0.2) is 46.9 Å². The largest absolute Gasteiger partial charge is 0.460 e. The van der Waals surface area contributed by atoms with Crippen molar-refractivity contribution >= 4 is 17.8 Å². The van der Waals surface area contributed by atoms with Crippen molar-refractivity contribution in [3.05, 3.63) is 65.0 Å². The van der Waals surface area contributed by atoms with Crippen LogP contribution in [0.2, 0.25) is 0 Å². The minimum atomic E-state index is -0.906. The number of nitrogens with zero attached hydrogens (tertiary/aromatic N) is 2. The number of fused-ring (bicyclic) bond motifs is 1. The summed E-state index contributed by atoms with van der Waals surface area (Å²) in [5, 5.41) is 6.92. The number of benzene rings is 1. The maximum atomic E-state index is 12.2. The smallest absolute Gasteiger partial charge is 0.381 e. The van der Waals surface area contributed by atoms with Crippen LogP contribution >= 0.6 is 0 Å². The fourth-order valence-electron chi connectivity index (χ4n) is 2.51. The number of rotatable bonds is 3. The van der Waals surface area contributed by atoms with Crippen molar-refractivity contribution in [2.24, 2.45) is 0 Å². The van der Waals surface area contributed by atoms with Crippen molar-refractivity contribution in [1.82, 2.24) is 15.3 Å². The van der Waals surface area contributed by atoms with E-state index in [0.29, 0.717) is 22.3 Å². The summed E-state index contributed by atoms with van der Waals surface area (Å²) in [6.07, 6.45) is 0. The number of hydrogen-bond donors (Lipinski definition) is 1. The van der Waals surface area contributed by atoms with Gasteiger partial charge in [0.1, 0.15) is 17.1 Å². The van der Waals surface area contributed by atoms with E-state index in [2.05, 4.69) is 10.2 Å². The summed E-state index contributed by atoms with van der Waals surface area (Å²) in [7, 11) is 0. The van der Waals surface area contributed by atoms with Gasteiger partial charge >= 0.3 is 5.97 Å². The number of aromatic nitrogens is 2. The molecule has 1 aliphatic rings. The number of carbonyl (C=O) groups is 3. The molecule has 4 rings (SSSR count). The number of imide groups is 1. The van der Waals surface area contributed by atoms with Gasteiger partial charge in [0.15, 0.2) is 5.76 Å². The zero-order valence-corrected chi connectivity index (χ0v) is 13.0. The topological polar surface area (TPSA) is 106 Å². The average molecular weight is 337 g/mol. The lowest BCUT2D eigenvalue weighted by molar-refractivity contribution is -0.0588. The van der Waals surface area contributed by atoms with Gasteiger partial charge in [-0.15, -0.1) is 0 Å². The van der Waals surface area contributed by atoms with Crippen molar-refractivity contribution in [3.8, 4) is 11.5 Å². The van der Waals surface area contributed by atoms with Crippen LogP contribution in [0.25, 0.3) is 11.5 Å². The third-order valence-corrected chi connectivity index (χ3v) is 3.72. The van der Waals surface area contributed by atoms with Gasteiger partial charge in [-0.25, -0.2) is 4.79 Å². The quantitative estimate of drug-likeness (QED) is 0.735. The minimum Gasteiger partial charge on any atom is -0.460 e. The number of carbonyl (C=O) groups excluding carboxylic acids is 3. The summed E-state index contributed by atoms with van der Waals surface area (Å²) in [5.41, 5.74) is 0.774. The molecule has 0 radical (unpaired) electrons. The van der Waals surface area contributed by atoms with Crippen LogP contribution in [0, 0.1) is 6.92 Å². The highest BCUT2D eigenvalue weighted by atomic mass is 16.7. The molecule has 0 saturated heterocycles. The van der Waals surface area contributed by atoms with Crippen molar-refractivity contribution in [1.29, 1.82) is 0 Å². The van der Waals surface area contributed by atoms with Gasteiger partial charge in [-0.2, -0.15) is 5.10 Å². The second-order valence-electron chi connectivity index (χ2n) is 5.41. The molecule has 1 aliphatic heterocycles. The molecule has 2 aromatic heterocycles. The molecule has 25 heavy (non-hydrogen) atoms. The summed E-state index contributed by atoms with van der Waals surface area (Å²) in [6.45, 7) is 1.79. The number of amides is 2. The molecule has 8 heteroatoms. The van der Waals surface area contributed by atoms with E-state index in [-0.39, 0.29) is 16.8 Å². The van der Waals surface area contributed by atoms with Gasteiger partial charge in [-0.3, -0.25) is 14.7 Å². The van der Waals surface area contributed by atoms with Crippen LogP contribution < -0.4 is 0 Å². The average Bonchev–Trinajstić information content (AvgIpc) is 3.31. The Morgan fingerprint density at radius 1 is 1.12 bits per heavy atom. The first kappa shape index (κ1) is 14.9. The van der Waals surface area contributed by atoms with E-state index in [9.17, 15) is 14.4 Å². The van der Waals surface area contributed by atoms with Gasteiger partial charge in [0.05, 0.1) is 11.1 Å². The Hall–Kier alpha value is -3.68. The zero-order chi connectivity index (χ0) is 17.6. The molecular formula is C17H11N3O5. The Bertz CT molecular complexity index is 982. The lowest BCUT2D eigenvalue weighted by Gasteiger charge is -2.11. The lowest BCUT2D eigenvalue weighted by Crippen LogP contribution is -2.32. The van der Waals surface area contributed by atoms with Crippen molar-refractivity contribution in [3.63, 3.8) is 0 Å². The highest BCUT2D eigenvalue weighted by Crippen LogP contribution is 2.24. The molecule has 3 aromatic rings. The first-order valence-electron chi connectivity index (χ1n) is 7.37. The van der Waals surface area contributed by atoms with E-state index < -0.39 is 17.8 Å².